The van der Waals surface area contributed by atoms with Crippen LogP contribution in [-0.2, 0) is 12.8 Å². The van der Waals surface area contributed by atoms with Gasteiger partial charge in [0.2, 0.25) is 0 Å². The molecule has 0 bridgehead atoms. The zero-order chi connectivity index (χ0) is 23.4. The van der Waals surface area contributed by atoms with Crippen molar-refractivity contribution in [3.05, 3.63) is 59.7 Å². The first-order valence-electron chi connectivity index (χ1n) is 14.2. The van der Waals surface area contributed by atoms with Crippen LogP contribution in [0.5, 0.6) is 11.5 Å². The zero-order valence-corrected chi connectivity index (χ0v) is 21.8. The molecule has 0 saturated carbocycles. The molecule has 1 heteroatoms. The van der Waals surface area contributed by atoms with Crippen LogP contribution in [-0.4, -0.2) is 0 Å². The summed E-state index contributed by atoms with van der Waals surface area (Å²) in [5, 5.41) is 0. The lowest BCUT2D eigenvalue weighted by Crippen LogP contribution is -1.91. The fraction of sp³-hybridized carbons (Fsp3) is 0.625. The Hall–Kier alpha value is -1.76. The van der Waals surface area contributed by atoms with Gasteiger partial charge in [0.25, 0.3) is 0 Å². The molecule has 0 unspecified atom stereocenters. The molecule has 0 saturated heterocycles. The first-order chi connectivity index (χ1) is 16.3. The number of rotatable bonds is 20. The lowest BCUT2D eigenvalue weighted by molar-refractivity contribution is 0.480. The van der Waals surface area contributed by atoms with E-state index in [1.54, 1.807) is 0 Å². The second-order valence-corrected chi connectivity index (χ2v) is 9.85. The van der Waals surface area contributed by atoms with Crippen LogP contribution in [0.3, 0.4) is 0 Å². The van der Waals surface area contributed by atoms with E-state index in [1.165, 1.54) is 114 Å². The third-order valence-corrected chi connectivity index (χ3v) is 6.67. The van der Waals surface area contributed by atoms with Gasteiger partial charge in [-0.2, -0.15) is 0 Å². The highest BCUT2D eigenvalue weighted by Crippen LogP contribution is 2.25. The van der Waals surface area contributed by atoms with Crippen LogP contribution in [0.15, 0.2) is 48.5 Å². The van der Waals surface area contributed by atoms with Crippen LogP contribution in [0, 0.1) is 0 Å². The molecule has 0 aliphatic rings. The monoisotopic (exact) mass is 450 g/mol. The third kappa shape index (κ3) is 13.5. The highest BCUT2D eigenvalue weighted by Gasteiger charge is 2.02. The smallest absolute Gasteiger partial charge is 0.127 e. The lowest BCUT2D eigenvalue weighted by atomic mass is 10.0. The standard InChI is InChI=1S/C32H50O/c1-3-5-7-9-11-13-15-17-21-29-23-19-25-31(27-29)33-32-26-20-24-30(28-32)22-18-16-14-12-10-8-6-4-2/h19-20,23-28H,3-18,21-22H2,1-2H3. The molecular formula is C32H50O. The number of unbranched alkanes of at least 4 members (excludes halogenated alkanes) is 14. The van der Waals surface area contributed by atoms with Crippen molar-refractivity contribution in [3.63, 3.8) is 0 Å². The third-order valence-electron chi connectivity index (χ3n) is 6.67. The Morgan fingerprint density at radius 2 is 0.818 bits per heavy atom. The van der Waals surface area contributed by atoms with Gasteiger partial charge in [-0.05, 0) is 61.1 Å². The van der Waals surface area contributed by atoms with Gasteiger partial charge in [0.05, 0.1) is 0 Å². The Morgan fingerprint density at radius 1 is 0.455 bits per heavy atom. The average Bonchev–Trinajstić information content (AvgIpc) is 2.83. The lowest BCUT2D eigenvalue weighted by Gasteiger charge is -2.10. The molecule has 2 aromatic carbocycles. The van der Waals surface area contributed by atoms with Crippen molar-refractivity contribution in [1.82, 2.24) is 0 Å². The van der Waals surface area contributed by atoms with Gasteiger partial charge in [-0.3, -0.25) is 0 Å². The quantitative estimate of drug-likeness (QED) is 0.182. The van der Waals surface area contributed by atoms with Crippen molar-refractivity contribution in [2.75, 3.05) is 0 Å². The minimum atomic E-state index is 0.969. The molecule has 0 heterocycles. The molecule has 0 spiro atoms. The fourth-order valence-corrected chi connectivity index (χ4v) is 4.59. The summed E-state index contributed by atoms with van der Waals surface area (Å²) in [5.41, 5.74) is 2.79. The van der Waals surface area contributed by atoms with Crippen LogP contribution in [0.1, 0.15) is 128 Å². The van der Waals surface area contributed by atoms with Gasteiger partial charge in [-0.25, -0.2) is 0 Å². The van der Waals surface area contributed by atoms with Gasteiger partial charge in [0.1, 0.15) is 11.5 Å². The van der Waals surface area contributed by atoms with E-state index in [2.05, 4.69) is 62.4 Å². The maximum atomic E-state index is 6.22. The number of hydrogen-bond donors (Lipinski definition) is 0. The zero-order valence-electron chi connectivity index (χ0n) is 21.8. The molecule has 0 aliphatic carbocycles. The molecule has 2 aromatic rings. The van der Waals surface area contributed by atoms with Crippen LogP contribution in [0.4, 0.5) is 0 Å². The van der Waals surface area contributed by atoms with Crippen LogP contribution >= 0.6 is 0 Å². The molecule has 0 radical (unpaired) electrons. The van der Waals surface area contributed by atoms with E-state index in [-0.39, 0.29) is 0 Å². The molecule has 0 atom stereocenters. The first-order valence-corrected chi connectivity index (χ1v) is 14.2. The van der Waals surface area contributed by atoms with Crippen LogP contribution < -0.4 is 4.74 Å². The Kier molecular flexibility index (Phi) is 15.5. The van der Waals surface area contributed by atoms with E-state index in [0.717, 1.165) is 24.3 Å². The van der Waals surface area contributed by atoms with Crippen molar-refractivity contribution in [2.45, 2.75) is 129 Å². The van der Waals surface area contributed by atoms with E-state index in [4.69, 9.17) is 4.74 Å². The van der Waals surface area contributed by atoms with Gasteiger partial charge in [-0.1, -0.05) is 128 Å². The van der Waals surface area contributed by atoms with Crippen molar-refractivity contribution >= 4 is 0 Å². The predicted molar refractivity (Wildman–Crippen MR) is 146 cm³/mol. The van der Waals surface area contributed by atoms with E-state index in [1.807, 2.05) is 0 Å². The minimum Gasteiger partial charge on any atom is -0.457 e. The fourth-order valence-electron chi connectivity index (χ4n) is 4.59. The highest BCUT2D eigenvalue weighted by atomic mass is 16.5. The number of benzene rings is 2. The summed E-state index contributed by atoms with van der Waals surface area (Å²) in [4.78, 5) is 0. The number of hydrogen-bond acceptors (Lipinski definition) is 1. The number of ether oxygens (including phenoxy) is 1. The second kappa shape index (κ2) is 18.6. The molecule has 0 aromatic heterocycles. The molecule has 0 amide bonds. The molecule has 184 valence electrons. The van der Waals surface area contributed by atoms with Crippen molar-refractivity contribution in [1.29, 1.82) is 0 Å². The minimum absolute atomic E-state index is 0.969. The van der Waals surface area contributed by atoms with E-state index < -0.39 is 0 Å². The summed E-state index contributed by atoms with van der Waals surface area (Å²) in [6.45, 7) is 4.57. The molecule has 1 nitrogen and oxygen atoms in total. The molecule has 2 rings (SSSR count). The first kappa shape index (κ1) is 27.5. The van der Waals surface area contributed by atoms with Crippen molar-refractivity contribution in [2.24, 2.45) is 0 Å². The van der Waals surface area contributed by atoms with E-state index >= 15 is 0 Å². The largest absolute Gasteiger partial charge is 0.457 e. The van der Waals surface area contributed by atoms with Gasteiger partial charge < -0.3 is 4.74 Å². The molecule has 33 heavy (non-hydrogen) atoms. The average molecular weight is 451 g/mol. The summed E-state index contributed by atoms with van der Waals surface area (Å²) in [5.74, 6) is 1.94. The SMILES string of the molecule is CCCCCCCCCCc1cccc(Oc2cccc(CCCCCCCCCC)c2)c1. The second-order valence-electron chi connectivity index (χ2n) is 9.85. The summed E-state index contributed by atoms with van der Waals surface area (Å²) < 4.78 is 6.22. The Balaban J connectivity index is 1.66. The summed E-state index contributed by atoms with van der Waals surface area (Å²) in [6.07, 6.45) is 24.3. The van der Waals surface area contributed by atoms with Crippen LogP contribution in [0.25, 0.3) is 0 Å². The van der Waals surface area contributed by atoms with Crippen molar-refractivity contribution in [3.8, 4) is 11.5 Å². The Morgan fingerprint density at radius 3 is 1.21 bits per heavy atom. The topological polar surface area (TPSA) is 9.23 Å². The van der Waals surface area contributed by atoms with Crippen LogP contribution in [0.2, 0.25) is 0 Å². The number of aryl methyl sites for hydroxylation is 2. The molecule has 0 fully saturated rings. The summed E-state index contributed by atoms with van der Waals surface area (Å²) >= 11 is 0. The maximum absolute atomic E-state index is 6.22. The van der Waals surface area contributed by atoms with Gasteiger partial charge in [0, 0.05) is 0 Å². The van der Waals surface area contributed by atoms with Gasteiger partial charge >= 0.3 is 0 Å². The van der Waals surface area contributed by atoms with E-state index in [9.17, 15) is 0 Å². The Labute approximate surface area is 205 Å². The molecular weight excluding hydrogens is 400 g/mol. The Bertz CT molecular complexity index is 658. The molecule has 0 aliphatic heterocycles. The van der Waals surface area contributed by atoms with Crippen molar-refractivity contribution < 1.29 is 4.74 Å². The molecule has 0 N–H and O–H groups in total. The summed E-state index contributed by atoms with van der Waals surface area (Å²) in [7, 11) is 0. The van der Waals surface area contributed by atoms with Gasteiger partial charge in [0.15, 0.2) is 0 Å². The normalized spacial score (nSPS) is 11.1. The summed E-state index contributed by atoms with van der Waals surface area (Å²) in [6, 6.07) is 17.4. The predicted octanol–water partition coefficient (Wildman–Crippen LogP) is 10.8. The van der Waals surface area contributed by atoms with E-state index in [0.29, 0.717) is 0 Å². The van der Waals surface area contributed by atoms with Gasteiger partial charge in [-0.15, -0.1) is 0 Å². The maximum Gasteiger partial charge on any atom is 0.127 e. The highest BCUT2D eigenvalue weighted by molar-refractivity contribution is 5.36.